The summed E-state index contributed by atoms with van der Waals surface area (Å²) < 4.78 is 0.577. The van der Waals surface area contributed by atoms with Crippen LogP contribution in [-0.2, 0) is 4.79 Å². The van der Waals surface area contributed by atoms with Crippen molar-refractivity contribution in [3.05, 3.63) is 51.1 Å². The van der Waals surface area contributed by atoms with E-state index in [4.69, 9.17) is 12.2 Å². The molecule has 6 heteroatoms. The van der Waals surface area contributed by atoms with Crippen molar-refractivity contribution in [2.24, 2.45) is 0 Å². The molecule has 3 rings (SSSR count). The number of hydrogen-bond donors (Lipinski definition) is 0. The molecule has 0 unspecified atom stereocenters. The Hall–Kier alpha value is -1.63. The number of thiocarbonyl (C=S) groups is 1. The van der Waals surface area contributed by atoms with Gasteiger partial charge in [0.05, 0.1) is 10.6 Å². The number of hydrogen-bond acceptors (Lipinski definition) is 5. The van der Waals surface area contributed by atoms with Crippen molar-refractivity contribution in [2.75, 3.05) is 23.9 Å². The third kappa shape index (κ3) is 3.20. The molecular weight excluding hydrogens is 344 g/mol. The number of thiophene rings is 1. The number of anilines is 2. The molecule has 0 N–H and O–H groups in total. The summed E-state index contributed by atoms with van der Waals surface area (Å²) >= 11 is 8.40. The standard InChI is InChI=1S/C17H16N2OS3/c1-11-8-9-22-14(11)10-15-16(20)19(17(21)23-15)13-6-4-12(5-7-13)18(2)3/h4-10H,1-3H3/b15-10-. The van der Waals surface area contributed by atoms with Gasteiger partial charge in [-0.3, -0.25) is 9.69 Å². The maximum Gasteiger partial charge on any atom is 0.270 e. The van der Waals surface area contributed by atoms with Gasteiger partial charge in [-0.1, -0.05) is 24.0 Å². The van der Waals surface area contributed by atoms with E-state index in [1.54, 1.807) is 16.2 Å². The van der Waals surface area contributed by atoms with Crippen molar-refractivity contribution in [3.8, 4) is 0 Å². The van der Waals surface area contributed by atoms with Gasteiger partial charge >= 0.3 is 0 Å². The van der Waals surface area contributed by atoms with E-state index in [0.29, 0.717) is 9.23 Å². The largest absolute Gasteiger partial charge is 0.378 e. The fourth-order valence-electron chi connectivity index (χ4n) is 2.24. The highest BCUT2D eigenvalue weighted by Crippen LogP contribution is 2.37. The molecule has 118 valence electrons. The van der Waals surface area contributed by atoms with Crippen LogP contribution in [0.5, 0.6) is 0 Å². The van der Waals surface area contributed by atoms with Crippen LogP contribution in [0.1, 0.15) is 10.4 Å². The first-order chi connectivity index (χ1) is 11.0. The van der Waals surface area contributed by atoms with Crippen LogP contribution in [0.15, 0.2) is 40.6 Å². The molecule has 0 saturated carbocycles. The van der Waals surface area contributed by atoms with Crippen LogP contribution in [-0.4, -0.2) is 24.3 Å². The normalized spacial score (nSPS) is 16.5. The van der Waals surface area contributed by atoms with Crippen molar-refractivity contribution in [1.82, 2.24) is 0 Å². The monoisotopic (exact) mass is 360 g/mol. The highest BCUT2D eigenvalue weighted by Gasteiger charge is 2.33. The maximum atomic E-state index is 12.7. The minimum absolute atomic E-state index is 0.0506. The number of rotatable bonds is 3. The highest BCUT2D eigenvalue weighted by atomic mass is 32.2. The molecule has 0 bridgehead atoms. The molecule has 0 aliphatic carbocycles. The Labute approximate surface area is 149 Å². The minimum Gasteiger partial charge on any atom is -0.378 e. The van der Waals surface area contributed by atoms with E-state index in [1.165, 1.54) is 17.3 Å². The van der Waals surface area contributed by atoms with Gasteiger partial charge in [-0.25, -0.2) is 0 Å². The number of amides is 1. The Bertz CT molecular complexity index is 790. The van der Waals surface area contributed by atoms with Crippen LogP contribution in [0.25, 0.3) is 6.08 Å². The Balaban J connectivity index is 1.90. The smallest absolute Gasteiger partial charge is 0.270 e. The van der Waals surface area contributed by atoms with E-state index in [9.17, 15) is 4.79 Å². The van der Waals surface area contributed by atoms with E-state index in [-0.39, 0.29) is 5.91 Å². The van der Waals surface area contributed by atoms with Crippen molar-refractivity contribution in [3.63, 3.8) is 0 Å². The number of carbonyl (C=O) groups excluding carboxylic acids is 1. The molecule has 2 heterocycles. The average Bonchev–Trinajstić information content (AvgIpc) is 3.04. The number of thioether (sulfide) groups is 1. The highest BCUT2D eigenvalue weighted by molar-refractivity contribution is 8.27. The minimum atomic E-state index is -0.0506. The summed E-state index contributed by atoms with van der Waals surface area (Å²) in [7, 11) is 3.97. The van der Waals surface area contributed by atoms with Crippen LogP contribution in [0.4, 0.5) is 11.4 Å². The van der Waals surface area contributed by atoms with Gasteiger partial charge in [0.1, 0.15) is 0 Å². The summed E-state index contributed by atoms with van der Waals surface area (Å²) in [4.78, 5) is 18.1. The fraction of sp³-hybridized carbons (Fsp3) is 0.176. The number of aryl methyl sites for hydroxylation is 1. The third-order valence-electron chi connectivity index (χ3n) is 3.58. The molecule has 0 atom stereocenters. The number of carbonyl (C=O) groups is 1. The molecule has 0 spiro atoms. The van der Waals surface area contributed by atoms with Gasteiger partial charge in [0, 0.05) is 24.7 Å². The molecular formula is C17H16N2OS3. The molecule has 1 aromatic carbocycles. The summed E-state index contributed by atoms with van der Waals surface area (Å²) in [6.07, 6.45) is 1.94. The van der Waals surface area contributed by atoms with E-state index >= 15 is 0 Å². The second-order valence-electron chi connectivity index (χ2n) is 5.40. The van der Waals surface area contributed by atoms with Gasteiger partial charge in [0.15, 0.2) is 4.32 Å². The summed E-state index contributed by atoms with van der Waals surface area (Å²) in [6, 6.07) is 9.89. The zero-order chi connectivity index (χ0) is 16.6. The molecule has 1 aliphatic rings. The van der Waals surface area contributed by atoms with Gasteiger partial charge in [-0.05, 0) is 54.3 Å². The molecule has 1 aromatic heterocycles. The zero-order valence-corrected chi connectivity index (χ0v) is 15.5. The molecule has 23 heavy (non-hydrogen) atoms. The van der Waals surface area contributed by atoms with Crippen LogP contribution in [0, 0.1) is 6.92 Å². The summed E-state index contributed by atoms with van der Waals surface area (Å²) in [5, 5.41) is 2.03. The Kier molecular flexibility index (Phi) is 4.57. The predicted molar refractivity (Wildman–Crippen MR) is 105 cm³/mol. The van der Waals surface area contributed by atoms with Crippen LogP contribution in [0.2, 0.25) is 0 Å². The Morgan fingerprint density at radius 3 is 2.43 bits per heavy atom. The Morgan fingerprint density at radius 2 is 1.87 bits per heavy atom. The van der Waals surface area contributed by atoms with Gasteiger partial charge in [-0.15, -0.1) is 11.3 Å². The molecule has 2 aromatic rings. The first-order valence-corrected chi connectivity index (χ1v) is 9.17. The van der Waals surface area contributed by atoms with Crippen molar-refractivity contribution < 1.29 is 4.79 Å². The molecule has 1 amide bonds. The average molecular weight is 361 g/mol. The van der Waals surface area contributed by atoms with E-state index in [2.05, 4.69) is 6.07 Å². The summed E-state index contributed by atoms with van der Waals surface area (Å²) in [5.74, 6) is -0.0506. The molecule has 1 saturated heterocycles. The van der Waals surface area contributed by atoms with Crippen LogP contribution >= 0.6 is 35.3 Å². The topological polar surface area (TPSA) is 23.6 Å². The molecule has 1 fully saturated rings. The predicted octanol–water partition coefficient (Wildman–Crippen LogP) is 4.53. The lowest BCUT2D eigenvalue weighted by molar-refractivity contribution is -0.113. The second-order valence-corrected chi connectivity index (χ2v) is 8.02. The number of benzene rings is 1. The van der Waals surface area contributed by atoms with Crippen LogP contribution < -0.4 is 9.80 Å². The van der Waals surface area contributed by atoms with Gasteiger partial charge in [-0.2, -0.15) is 0 Å². The number of nitrogens with zero attached hydrogens (tertiary/aromatic N) is 2. The fourth-order valence-corrected chi connectivity index (χ4v) is 4.46. The maximum absolute atomic E-state index is 12.7. The lowest BCUT2D eigenvalue weighted by Crippen LogP contribution is -2.27. The second kappa shape index (κ2) is 6.47. The zero-order valence-electron chi connectivity index (χ0n) is 13.1. The Morgan fingerprint density at radius 1 is 1.17 bits per heavy atom. The molecule has 0 radical (unpaired) electrons. The van der Waals surface area contributed by atoms with E-state index < -0.39 is 0 Å². The van der Waals surface area contributed by atoms with Gasteiger partial charge in [0.25, 0.3) is 5.91 Å². The summed E-state index contributed by atoms with van der Waals surface area (Å²) in [5.41, 5.74) is 3.07. The first-order valence-electron chi connectivity index (χ1n) is 7.07. The first kappa shape index (κ1) is 16.2. The van der Waals surface area contributed by atoms with Crippen LogP contribution in [0.3, 0.4) is 0 Å². The van der Waals surface area contributed by atoms with E-state index in [1.807, 2.05) is 61.6 Å². The molecule has 3 nitrogen and oxygen atoms in total. The third-order valence-corrected chi connectivity index (χ3v) is 5.85. The summed E-state index contributed by atoms with van der Waals surface area (Å²) in [6.45, 7) is 2.04. The quantitative estimate of drug-likeness (QED) is 0.593. The van der Waals surface area contributed by atoms with E-state index in [0.717, 1.165) is 16.3 Å². The van der Waals surface area contributed by atoms with Crippen molar-refractivity contribution in [1.29, 1.82) is 0 Å². The van der Waals surface area contributed by atoms with Gasteiger partial charge in [0.2, 0.25) is 0 Å². The van der Waals surface area contributed by atoms with Gasteiger partial charge < -0.3 is 4.90 Å². The SMILES string of the molecule is Cc1ccsc1/C=C1\SC(=S)N(c2ccc(N(C)C)cc2)C1=O. The van der Waals surface area contributed by atoms with Crippen molar-refractivity contribution in [2.45, 2.75) is 6.92 Å². The lowest BCUT2D eigenvalue weighted by Gasteiger charge is -2.17. The lowest BCUT2D eigenvalue weighted by atomic mass is 10.2. The molecule has 1 aliphatic heterocycles. The van der Waals surface area contributed by atoms with Crippen molar-refractivity contribution >= 4 is 63.0 Å².